The monoisotopic (exact) mass is 368 g/mol. The first-order valence-electron chi connectivity index (χ1n) is 8.88. The van der Waals surface area contributed by atoms with Crippen LogP contribution in [-0.2, 0) is 4.74 Å². The molecule has 0 bridgehead atoms. The normalized spacial score (nSPS) is 11.3. The Labute approximate surface area is 160 Å². The number of rotatable bonds is 2. The van der Waals surface area contributed by atoms with E-state index >= 15 is 0 Å². The molecule has 5 heteroatoms. The third-order valence-corrected chi connectivity index (χ3v) is 5.01. The Balaban J connectivity index is 1.95. The van der Waals surface area contributed by atoms with Gasteiger partial charge in [0.1, 0.15) is 0 Å². The van der Waals surface area contributed by atoms with Gasteiger partial charge in [0, 0.05) is 16.5 Å². The zero-order valence-electron chi connectivity index (χ0n) is 15.1. The molecule has 2 aliphatic rings. The summed E-state index contributed by atoms with van der Waals surface area (Å²) in [7, 11) is 1.35. The summed E-state index contributed by atoms with van der Waals surface area (Å²) in [5.41, 5.74) is 4.16. The SMILES string of the molecule is COC(=O)c1ccc2nc3c4ccccc4n(-c4ccccc4)c(O)c-3c2c1. The van der Waals surface area contributed by atoms with Gasteiger partial charge < -0.3 is 9.84 Å². The second kappa shape index (κ2) is 6.09. The van der Waals surface area contributed by atoms with Crippen LogP contribution in [0.25, 0.3) is 38.8 Å². The van der Waals surface area contributed by atoms with Crippen molar-refractivity contribution in [2.45, 2.75) is 0 Å². The van der Waals surface area contributed by atoms with Crippen molar-refractivity contribution in [3.63, 3.8) is 0 Å². The molecule has 3 aromatic rings. The Kier molecular flexibility index (Phi) is 3.55. The lowest BCUT2D eigenvalue weighted by Gasteiger charge is -2.17. The number of carbonyl (C=O) groups is 1. The van der Waals surface area contributed by atoms with E-state index in [9.17, 15) is 9.90 Å². The van der Waals surface area contributed by atoms with Gasteiger partial charge in [-0.3, -0.25) is 4.57 Å². The number of esters is 1. The van der Waals surface area contributed by atoms with E-state index in [1.54, 1.807) is 18.2 Å². The fraction of sp³-hybridized carbons (Fsp3) is 0.0435. The van der Waals surface area contributed by atoms with Crippen molar-refractivity contribution in [1.82, 2.24) is 9.55 Å². The van der Waals surface area contributed by atoms with Crippen LogP contribution in [0.4, 0.5) is 0 Å². The average molecular weight is 368 g/mol. The van der Waals surface area contributed by atoms with Crippen molar-refractivity contribution < 1.29 is 14.6 Å². The minimum absolute atomic E-state index is 0.0874. The summed E-state index contributed by atoms with van der Waals surface area (Å²) in [6, 6.07) is 22.7. The van der Waals surface area contributed by atoms with Crippen LogP contribution in [0.3, 0.4) is 0 Å². The van der Waals surface area contributed by atoms with E-state index < -0.39 is 5.97 Å². The smallest absolute Gasteiger partial charge is 0.337 e. The molecule has 0 fully saturated rings. The van der Waals surface area contributed by atoms with Crippen LogP contribution in [0.2, 0.25) is 0 Å². The zero-order chi connectivity index (χ0) is 19.3. The summed E-state index contributed by atoms with van der Waals surface area (Å²) in [6.07, 6.45) is 0. The van der Waals surface area contributed by atoms with E-state index in [2.05, 4.69) is 0 Å². The number of carbonyl (C=O) groups excluding carboxylic acids is 1. The fourth-order valence-corrected chi connectivity index (χ4v) is 3.74. The van der Waals surface area contributed by atoms with Gasteiger partial charge in [-0.25, -0.2) is 9.78 Å². The number of hydrogen-bond donors (Lipinski definition) is 1. The van der Waals surface area contributed by atoms with Gasteiger partial charge in [-0.15, -0.1) is 0 Å². The summed E-state index contributed by atoms with van der Waals surface area (Å²) in [4.78, 5) is 16.7. The van der Waals surface area contributed by atoms with Crippen molar-refractivity contribution in [3.8, 4) is 22.8 Å². The van der Waals surface area contributed by atoms with Crippen LogP contribution in [0.15, 0.2) is 72.8 Å². The maximum absolute atomic E-state index is 12.0. The third-order valence-electron chi connectivity index (χ3n) is 5.01. The molecule has 136 valence electrons. The molecular weight excluding hydrogens is 352 g/mol. The molecule has 0 spiro atoms. The van der Waals surface area contributed by atoms with Crippen LogP contribution in [0.1, 0.15) is 10.4 Å². The highest BCUT2D eigenvalue weighted by Gasteiger charge is 2.24. The molecule has 0 unspecified atom stereocenters. The molecule has 0 saturated carbocycles. The molecule has 0 radical (unpaired) electrons. The second-order valence-electron chi connectivity index (χ2n) is 6.57. The van der Waals surface area contributed by atoms with Crippen molar-refractivity contribution >= 4 is 27.8 Å². The van der Waals surface area contributed by atoms with E-state index in [0.29, 0.717) is 27.7 Å². The summed E-state index contributed by atoms with van der Waals surface area (Å²) in [5, 5.41) is 12.9. The lowest BCUT2D eigenvalue weighted by Crippen LogP contribution is -2.02. The lowest BCUT2D eigenvalue weighted by atomic mass is 10.0. The molecule has 0 aliphatic carbocycles. The van der Waals surface area contributed by atoms with Crippen LogP contribution >= 0.6 is 0 Å². The first-order valence-corrected chi connectivity index (χ1v) is 8.88. The molecule has 0 aromatic heterocycles. The highest BCUT2D eigenvalue weighted by Crippen LogP contribution is 2.44. The molecule has 2 aliphatic heterocycles. The molecule has 5 rings (SSSR count). The van der Waals surface area contributed by atoms with Gasteiger partial charge in [-0.05, 0) is 36.4 Å². The van der Waals surface area contributed by atoms with Gasteiger partial charge in [0.2, 0.25) is 5.88 Å². The minimum atomic E-state index is -0.424. The summed E-state index contributed by atoms with van der Waals surface area (Å²) >= 11 is 0. The Morgan fingerprint density at radius 2 is 1.71 bits per heavy atom. The summed E-state index contributed by atoms with van der Waals surface area (Å²) in [6.45, 7) is 0. The number of para-hydroxylation sites is 2. The van der Waals surface area contributed by atoms with Crippen molar-refractivity contribution in [1.29, 1.82) is 0 Å². The standard InChI is InChI=1S/C23H16N2O3/c1-28-23(27)14-11-12-18-17(13-14)20-21(24-18)16-9-5-6-10-19(16)25(22(20)26)15-7-3-2-4-8-15/h2-13,26H,1H3. The van der Waals surface area contributed by atoms with Crippen LogP contribution < -0.4 is 0 Å². The molecule has 0 atom stereocenters. The second-order valence-corrected chi connectivity index (χ2v) is 6.57. The topological polar surface area (TPSA) is 64.3 Å². The molecular formula is C23H16N2O3. The fourth-order valence-electron chi connectivity index (χ4n) is 3.74. The largest absolute Gasteiger partial charge is 0.494 e. The Morgan fingerprint density at radius 3 is 2.50 bits per heavy atom. The van der Waals surface area contributed by atoms with E-state index in [4.69, 9.17) is 9.72 Å². The first-order chi connectivity index (χ1) is 13.7. The Morgan fingerprint density at radius 1 is 0.964 bits per heavy atom. The molecule has 0 amide bonds. The zero-order valence-corrected chi connectivity index (χ0v) is 15.1. The average Bonchev–Trinajstić information content (AvgIpc) is 3.13. The predicted octanol–water partition coefficient (Wildman–Crippen LogP) is 4.78. The van der Waals surface area contributed by atoms with Gasteiger partial charge in [-0.2, -0.15) is 0 Å². The highest BCUT2D eigenvalue weighted by atomic mass is 16.5. The molecule has 5 nitrogen and oxygen atoms in total. The number of ether oxygens (including phenoxy) is 1. The van der Waals surface area contributed by atoms with Gasteiger partial charge in [0.15, 0.2) is 0 Å². The van der Waals surface area contributed by atoms with E-state index in [0.717, 1.165) is 16.6 Å². The number of pyridine rings is 1. The number of aromatic nitrogens is 2. The van der Waals surface area contributed by atoms with Crippen molar-refractivity contribution in [3.05, 3.63) is 78.4 Å². The number of methoxy groups -OCH3 is 1. The van der Waals surface area contributed by atoms with Gasteiger partial charge >= 0.3 is 5.97 Å². The maximum atomic E-state index is 12.0. The molecule has 2 heterocycles. The number of hydrogen-bond acceptors (Lipinski definition) is 4. The number of fused-ring (bicyclic) bond motifs is 5. The van der Waals surface area contributed by atoms with Crippen LogP contribution in [0.5, 0.6) is 5.88 Å². The first kappa shape index (κ1) is 16.3. The quantitative estimate of drug-likeness (QED) is 0.456. The van der Waals surface area contributed by atoms with E-state index in [1.165, 1.54) is 7.11 Å². The highest BCUT2D eigenvalue weighted by molar-refractivity contribution is 6.10. The molecule has 28 heavy (non-hydrogen) atoms. The minimum Gasteiger partial charge on any atom is -0.494 e. The van der Waals surface area contributed by atoms with Crippen LogP contribution in [-0.4, -0.2) is 27.7 Å². The summed E-state index contributed by atoms with van der Waals surface area (Å²) < 4.78 is 6.65. The third kappa shape index (κ3) is 2.26. The summed E-state index contributed by atoms with van der Waals surface area (Å²) in [5.74, 6) is -0.336. The predicted molar refractivity (Wildman–Crippen MR) is 108 cm³/mol. The van der Waals surface area contributed by atoms with Gasteiger partial charge in [-0.1, -0.05) is 36.4 Å². The van der Waals surface area contributed by atoms with Crippen molar-refractivity contribution in [2.75, 3.05) is 7.11 Å². The van der Waals surface area contributed by atoms with E-state index in [-0.39, 0.29) is 5.88 Å². The number of aromatic hydroxyl groups is 1. The van der Waals surface area contributed by atoms with Crippen molar-refractivity contribution in [2.24, 2.45) is 0 Å². The van der Waals surface area contributed by atoms with Crippen LogP contribution in [0, 0.1) is 0 Å². The van der Waals surface area contributed by atoms with Gasteiger partial charge in [0.25, 0.3) is 0 Å². The maximum Gasteiger partial charge on any atom is 0.337 e. The Hall–Kier alpha value is -3.86. The number of nitrogens with zero attached hydrogens (tertiary/aromatic N) is 2. The molecule has 1 N–H and O–H groups in total. The molecule has 3 aromatic carbocycles. The Bertz CT molecular complexity index is 1320. The van der Waals surface area contributed by atoms with E-state index in [1.807, 2.05) is 59.2 Å². The molecule has 0 saturated heterocycles. The number of benzene rings is 3. The lowest BCUT2D eigenvalue weighted by molar-refractivity contribution is 0.0601. The van der Waals surface area contributed by atoms with Gasteiger partial charge in [0.05, 0.1) is 35.0 Å².